The smallest absolute Gasteiger partial charge is 0.231 e. The molecule has 0 aliphatic carbocycles. The number of rotatable bonds is 8. The molecule has 2 aliphatic rings. The molecule has 0 bridgehead atoms. The number of hydrogen-bond donors (Lipinski definition) is 5. The van der Waals surface area contributed by atoms with Gasteiger partial charge in [0.2, 0.25) is 24.6 Å². The number of benzene rings is 2. The molecule has 0 unspecified atom stereocenters. The van der Waals surface area contributed by atoms with Gasteiger partial charge in [-0.15, -0.1) is 0 Å². The van der Waals surface area contributed by atoms with Crippen LogP contribution < -0.4 is 23.7 Å². The van der Waals surface area contributed by atoms with Gasteiger partial charge in [-0.05, 0) is 48.2 Å². The van der Waals surface area contributed by atoms with Crippen molar-refractivity contribution in [3.05, 3.63) is 35.4 Å². The van der Waals surface area contributed by atoms with Crippen molar-refractivity contribution in [2.24, 2.45) is 0 Å². The predicted octanol–water partition coefficient (Wildman–Crippen LogP) is 0.102. The molecule has 0 aromatic heterocycles. The number of aliphatic hydroxyl groups is 4. The summed E-state index contributed by atoms with van der Waals surface area (Å²) in [6.07, 6.45) is -6.02. The zero-order valence-corrected chi connectivity index (χ0v) is 18.7. The van der Waals surface area contributed by atoms with Crippen molar-refractivity contribution >= 4 is 0 Å². The fourth-order valence-corrected chi connectivity index (χ4v) is 3.96. The van der Waals surface area contributed by atoms with Crippen molar-refractivity contribution in [1.29, 1.82) is 0 Å². The number of aryl methyl sites for hydroxylation is 2. The lowest BCUT2D eigenvalue weighted by Crippen LogP contribution is -2.60. The second-order valence-electron chi connectivity index (χ2n) is 7.99. The van der Waals surface area contributed by atoms with Crippen LogP contribution in [0, 0.1) is 0 Å². The van der Waals surface area contributed by atoms with Crippen LogP contribution in [0.15, 0.2) is 24.3 Å². The van der Waals surface area contributed by atoms with E-state index in [0.717, 1.165) is 11.1 Å². The molecule has 0 radical (unpaired) electrons. The summed E-state index contributed by atoms with van der Waals surface area (Å²) >= 11 is 0. The molecular weight excluding hydrogens is 452 g/mol. The molecule has 34 heavy (non-hydrogen) atoms. The molecule has 11 heteroatoms. The van der Waals surface area contributed by atoms with E-state index < -0.39 is 37.3 Å². The van der Waals surface area contributed by atoms with Crippen LogP contribution in [0.3, 0.4) is 0 Å². The second-order valence-corrected chi connectivity index (χ2v) is 7.99. The average molecular weight is 480 g/mol. The lowest BCUT2D eigenvalue weighted by molar-refractivity contribution is -0.277. The topological polar surface area (TPSA) is 157 Å². The highest BCUT2D eigenvalue weighted by Crippen LogP contribution is 2.43. The number of aromatic hydroxyl groups is 1. The first-order valence-electron chi connectivity index (χ1n) is 10.7. The Morgan fingerprint density at radius 2 is 1.53 bits per heavy atom. The first kappa shape index (κ1) is 24.2. The highest BCUT2D eigenvalue weighted by atomic mass is 16.7. The van der Waals surface area contributed by atoms with Crippen LogP contribution in [0.25, 0.3) is 0 Å². The Hall–Kier alpha value is -2.96. The number of methoxy groups -OCH3 is 2. The Kier molecular flexibility index (Phi) is 7.19. The van der Waals surface area contributed by atoms with Gasteiger partial charge in [0.15, 0.2) is 23.0 Å². The van der Waals surface area contributed by atoms with E-state index in [4.69, 9.17) is 28.4 Å². The van der Waals surface area contributed by atoms with E-state index in [0.29, 0.717) is 35.8 Å². The van der Waals surface area contributed by atoms with Crippen LogP contribution in [0.5, 0.6) is 34.5 Å². The molecule has 11 nitrogen and oxygen atoms in total. The van der Waals surface area contributed by atoms with E-state index in [-0.39, 0.29) is 18.3 Å². The number of phenols is 1. The van der Waals surface area contributed by atoms with Crippen molar-refractivity contribution in [1.82, 2.24) is 0 Å². The molecule has 0 saturated carbocycles. The lowest BCUT2D eigenvalue weighted by atomic mass is 9.99. The maximum Gasteiger partial charge on any atom is 0.231 e. The van der Waals surface area contributed by atoms with Gasteiger partial charge < -0.3 is 54.0 Å². The lowest BCUT2D eigenvalue weighted by Gasteiger charge is -2.39. The summed E-state index contributed by atoms with van der Waals surface area (Å²) in [5.41, 5.74) is 1.69. The molecule has 2 aromatic rings. The van der Waals surface area contributed by atoms with Crippen LogP contribution in [-0.2, 0) is 17.6 Å². The van der Waals surface area contributed by atoms with Gasteiger partial charge in [0.25, 0.3) is 0 Å². The number of ether oxygens (including phenoxy) is 6. The van der Waals surface area contributed by atoms with Crippen LogP contribution in [0.1, 0.15) is 11.1 Å². The van der Waals surface area contributed by atoms with Crippen molar-refractivity contribution < 1.29 is 54.0 Å². The molecular formula is C23H28O11. The number of aliphatic hydroxyl groups excluding tert-OH is 4. The van der Waals surface area contributed by atoms with Gasteiger partial charge in [-0.2, -0.15) is 0 Å². The normalized spacial score (nSPS) is 25.8. The van der Waals surface area contributed by atoms with Crippen molar-refractivity contribution in [3.8, 4) is 34.5 Å². The second kappa shape index (κ2) is 10.1. The number of hydrogen-bond acceptors (Lipinski definition) is 11. The van der Waals surface area contributed by atoms with Gasteiger partial charge in [0.1, 0.15) is 24.4 Å². The summed E-state index contributed by atoms with van der Waals surface area (Å²) in [5, 5.41) is 49.8. The molecule has 5 N–H and O–H groups in total. The van der Waals surface area contributed by atoms with Crippen LogP contribution in [0.2, 0.25) is 0 Å². The van der Waals surface area contributed by atoms with Crippen molar-refractivity contribution in [2.45, 2.75) is 43.5 Å². The average Bonchev–Trinajstić information content (AvgIpc) is 3.32. The molecule has 1 fully saturated rings. The SMILES string of the molecule is COc1cc(CCc2cc(O)c3c(c2)OCO3)cc(OC)c1O[C@@H]1O[C@H](CO)[C@@H](O)[C@H](O)[C@H]1O. The third kappa shape index (κ3) is 4.65. The Bertz CT molecular complexity index is 984. The van der Waals surface area contributed by atoms with Crippen LogP contribution in [-0.4, -0.2) is 83.9 Å². The van der Waals surface area contributed by atoms with E-state index in [9.17, 15) is 25.5 Å². The maximum atomic E-state index is 10.3. The summed E-state index contributed by atoms with van der Waals surface area (Å²) in [6, 6.07) is 6.90. The summed E-state index contributed by atoms with van der Waals surface area (Å²) in [7, 11) is 2.88. The number of phenolic OH excluding ortho intramolecular Hbond substituents is 1. The first-order valence-corrected chi connectivity index (χ1v) is 10.7. The van der Waals surface area contributed by atoms with Gasteiger partial charge >= 0.3 is 0 Å². The van der Waals surface area contributed by atoms with Crippen LogP contribution >= 0.6 is 0 Å². The largest absolute Gasteiger partial charge is 0.504 e. The fourth-order valence-electron chi connectivity index (χ4n) is 3.96. The number of fused-ring (bicyclic) bond motifs is 1. The first-order chi connectivity index (χ1) is 16.4. The van der Waals surface area contributed by atoms with Crippen LogP contribution in [0.4, 0.5) is 0 Å². The molecule has 2 aliphatic heterocycles. The minimum absolute atomic E-state index is 0.0171. The minimum atomic E-state index is -1.58. The summed E-state index contributed by atoms with van der Waals surface area (Å²) in [4.78, 5) is 0. The Morgan fingerprint density at radius 1 is 0.882 bits per heavy atom. The van der Waals surface area contributed by atoms with Gasteiger partial charge in [-0.1, -0.05) is 0 Å². The molecule has 4 rings (SSSR count). The molecule has 186 valence electrons. The van der Waals surface area contributed by atoms with E-state index in [1.54, 1.807) is 18.2 Å². The van der Waals surface area contributed by atoms with E-state index in [2.05, 4.69) is 0 Å². The summed E-state index contributed by atoms with van der Waals surface area (Å²) < 4.78 is 32.7. The molecule has 2 heterocycles. The standard InChI is InChI=1S/C23H28O11/c1-29-14-6-12(4-3-11-5-13(25)21-16(8-11)31-10-32-21)7-15(30-2)22(14)34-23-20(28)19(27)18(26)17(9-24)33-23/h5-8,17-20,23-28H,3-4,9-10H2,1-2H3/t17-,18-,19+,20-,23+/m1/s1. The van der Waals surface area contributed by atoms with Gasteiger partial charge in [-0.3, -0.25) is 0 Å². The Morgan fingerprint density at radius 3 is 2.15 bits per heavy atom. The third-order valence-corrected chi connectivity index (χ3v) is 5.82. The Labute approximate surface area is 195 Å². The van der Waals surface area contributed by atoms with Gasteiger partial charge in [0, 0.05) is 0 Å². The van der Waals surface area contributed by atoms with E-state index in [1.165, 1.54) is 14.2 Å². The van der Waals surface area contributed by atoms with Crippen molar-refractivity contribution in [2.75, 3.05) is 27.6 Å². The van der Waals surface area contributed by atoms with E-state index >= 15 is 0 Å². The predicted molar refractivity (Wildman–Crippen MR) is 116 cm³/mol. The molecule has 0 amide bonds. The zero-order valence-electron chi connectivity index (χ0n) is 18.7. The van der Waals surface area contributed by atoms with Gasteiger partial charge in [-0.25, -0.2) is 0 Å². The minimum Gasteiger partial charge on any atom is -0.504 e. The Balaban J connectivity index is 1.53. The highest BCUT2D eigenvalue weighted by Gasteiger charge is 2.45. The third-order valence-electron chi connectivity index (χ3n) is 5.82. The van der Waals surface area contributed by atoms with E-state index in [1.807, 2.05) is 6.07 Å². The summed E-state index contributed by atoms with van der Waals surface area (Å²) in [6.45, 7) is -0.510. The summed E-state index contributed by atoms with van der Waals surface area (Å²) in [5.74, 6) is 1.55. The molecule has 5 atom stereocenters. The monoisotopic (exact) mass is 480 g/mol. The molecule has 0 spiro atoms. The van der Waals surface area contributed by atoms with Gasteiger partial charge in [0.05, 0.1) is 20.8 Å². The fraction of sp³-hybridized carbons (Fsp3) is 0.478. The molecule has 2 aromatic carbocycles. The van der Waals surface area contributed by atoms with Crippen molar-refractivity contribution in [3.63, 3.8) is 0 Å². The maximum absolute atomic E-state index is 10.3. The quantitative estimate of drug-likeness (QED) is 0.349. The zero-order chi connectivity index (χ0) is 24.4. The highest BCUT2D eigenvalue weighted by molar-refractivity contribution is 5.56. The molecule has 1 saturated heterocycles.